The number of benzene rings is 1. The number of pyridine rings is 1. The number of nitrogens with zero attached hydrogens (tertiary/aromatic N) is 2. The first-order chi connectivity index (χ1) is 9.10. The molecule has 0 atom stereocenters. The van der Waals surface area contributed by atoms with Crippen LogP contribution in [0.3, 0.4) is 0 Å². The van der Waals surface area contributed by atoms with Crippen LogP contribution in [0.15, 0.2) is 36.4 Å². The molecular weight excluding hydrogens is 246 g/mol. The standard InChI is InChI=1S/C13H13N3O3/c1-2-9-4-3-5-10(8-9)19-13-11(16(17)18)6-7-12(14)15-13/h3-8H,2H2,1H3,(H2,14,15). The molecule has 2 N–H and O–H groups in total. The molecule has 0 bridgehead atoms. The first kappa shape index (κ1) is 12.8. The van der Waals surface area contributed by atoms with Crippen LogP contribution in [-0.4, -0.2) is 9.91 Å². The molecule has 0 radical (unpaired) electrons. The molecule has 0 fully saturated rings. The average Bonchev–Trinajstić information content (AvgIpc) is 2.38. The maximum absolute atomic E-state index is 10.9. The Kier molecular flexibility index (Phi) is 3.61. The minimum atomic E-state index is -0.550. The van der Waals surface area contributed by atoms with Crippen molar-refractivity contribution in [3.05, 3.63) is 52.1 Å². The number of aromatic nitrogens is 1. The monoisotopic (exact) mass is 259 g/mol. The van der Waals surface area contributed by atoms with E-state index in [2.05, 4.69) is 4.98 Å². The highest BCUT2D eigenvalue weighted by atomic mass is 16.6. The zero-order valence-corrected chi connectivity index (χ0v) is 10.4. The Balaban J connectivity index is 2.36. The van der Waals surface area contributed by atoms with Crippen molar-refractivity contribution in [3.8, 4) is 11.6 Å². The number of nitrogens with two attached hydrogens (primary N) is 1. The number of rotatable bonds is 4. The summed E-state index contributed by atoms with van der Waals surface area (Å²) in [7, 11) is 0. The van der Waals surface area contributed by atoms with Crippen molar-refractivity contribution in [3.63, 3.8) is 0 Å². The Labute approximate surface area is 110 Å². The van der Waals surface area contributed by atoms with Gasteiger partial charge in [0.2, 0.25) is 0 Å². The van der Waals surface area contributed by atoms with Crippen LogP contribution >= 0.6 is 0 Å². The van der Waals surface area contributed by atoms with Gasteiger partial charge in [-0.2, -0.15) is 4.98 Å². The van der Waals surface area contributed by atoms with Crippen LogP contribution in [0.2, 0.25) is 0 Å². The number of nitrogen functional groups attached to an aromatic ring is 1. The third kappa shape index (κ3) is 2.98. The fourth-order valence-corrected chi connectivity index (χ4v) is 1.60. The van der Waals surface area contributed by atoms with Crippen molar-refractivity contribution < 1.29 is 9.66 Å². The Morgan fingerprint density at radius 3 is 2.84 bits per heavy atom. The van der Waals surface area contributed by atoms with E-state index in [0.29, 0.717) is 5.75 Å². The summed E-state index contributed by atoms with van der Waals surface area (Å²) in [4.78, 5) is 14.2. The predicted molar refractivity (Wildman–Crippen MR) is 71.2 cm³/mol. The number of nitro groups is 1. The lowest BCUT2D eigenvalue weighted by molar-refractivity contribution is -0.386. The first-order valence-corrected chi connectivity index (χ1v) is 5.78. The van der Waals surface area contributed by atoms with Crippen LogP contribution in [0.4, 0.5) is 11.5 Å². The van der Waals surface area contributed by atoms with Gasteiger partial charge in [-0.3, -0.25) is 10.1 Å². The lowest BCUT2D eigenvalue weighted by Crippen LogP contribution is -1.99. The fraction of sp³-hybridized carbons (Fsp3) is 0.154. The summed E-state index contributed by atoms with van der Waals surface area (Å²) in [5.74, 6) is 0.575. The molecule has 0 aliphatic carbocycles. The van der Waals surface area contributed by atoms with Gasteiger partial charge in [-0.25, -0.2) is 0 Å². The lowest BCUT2D eigenvalue weighted by atomic mass is 10.2. The van der Waals surface area contributed by atoms with Gasteiger partial charge < -0.3 is 10.5 Å². The molecular formula is C13H13N3O3. The van der Waals surface area contributed by atoms with Gasteiger partial charge in [-0.05, 0) is 30.2 Å². The average molecular weight is 259 g/mol. The van der Waals surface area contributed by atoms with Crippen molar-refractivity contribution >= 4 is 11.5 Å². The molecule has 2 rings (SSSR count). The molecule has 1 aromatic carbocycles. The molecule has 2 aromatic rings. The number of anilines is 1. The number of hydrogen-bond donors (Lipinski definition) is 1. The highest BCUT2D eigenvalue weighted by Crippen LogP contribution is 2.30. The third-order valence-electron chi connectivity index (χ3n) is 2.58. The highest BCUT2D eigenvalue weighted by molar-refractivity contribution is 5.48. The largest absolute Gasteiger partial charge is 0.434 e. The summed E-state index contributed by atoms with van der Waals surface area (Å²) in [5.41, 5.74) is 6.38. The van der Waals surface area contributed by atoms with Gasteiger partial charge in [-0.15, -0.1) is 0 Å². The van der Waals surface area contributed by atoms with E-state index in [1.807, 2.05) is 25.1 Å². The fourth-order valence-electron chi connectivity index (χ4n) is 1.60. The molecule has 6 heteroatoms. The molecule has 6 nitrogen and oxygen atoms in total. The van der Waals surface area contributed by atoms with E-state index in [9.17, 15) is 10.1 Å². The Bertz CT molecular complexity index is 614. The van der Waals surface area contributed by atoms with Gasteiger partial charge in [0.25, 0.3) is 0 Å². The van der Waals surface area contributed by atoms with E-state index >= 15 is 0 Å². The highest BCUT2D eigenvalue weighted by Gasteiger charge is 2.17. The number of ether oxygens (including phenoxy) is 1. The van der Waals surface area contributed by atoms with Crippen LogP contribution in [-0.2, 0) is 6.42 Å². The minimum Gasteiger partial charge on any atom is -0.434 e. The van der Waals surface area contributed by atoms with Crippen LogP contribution in [0.1, 0.15) is 12.5 Å². The van der Waals surface area contributed by atoms with Crippen molar-refractivity contribution in [1.82, 2.24) is 4.98 Å². The SMILES string of the molecule is CCc1cccc(Oc2nc(N)ccc2[N+](=O)[O-])c1. The Morgan fingerprint density at radius 1 is 1.37 bits per heavy atom. The maximum atomic E-state index is 10.9. The van der Waals surface area contributed by atoms with Gasteiger partial charge in [0.15, 0.2) is 0 Å². The van der Waals surface area contributed by atoms with Crippen LogP contribution < -0.4 is 10.5 Å². The second-order valence-electron chi connectivity index (χ2n) is 3.92. The van der Waals surface area contributed by atoms with E-state index in [4.69, 9.17) is 10.5 Å². The topological polar surface area (TPSA) is 91.3 Å². The van der Waals surface area contributed by atoms with E-state index in [0.717, 1.165) is 12.0 Å². The van der Waals surface area contributed by atoms with Gasteiger partial charge in [0, 0.05) is 6.07 Å². The van der Waals surface area contributed by atoms with E-state index in [1.165, 1.54) is 12.1 Å². The zero-order valence-electron chi connectivity index (χ0n) is 10.4. The Morgan fingerprint density at radius 2 is 2.16 bits per heavy atom. The summed E-state index contributed by atoms with van der Waals surface area (Å²) in [6, 6.07) is 9.96. The first-order valence-electron chi connectivity index (χ1n) is 5.78. The summed E-state index contributed by atoms with van der Waals surface area (Å²) in [5, 5.41) is 10.9. The molecule has 0 saturated heterocycles. The van der Waals surface area contributed by atoms with E-state index in [-0.39, 0.29) is 17.4 Å². The molecule has 0 aliphatic heterocycles. The summed E-state index contributed by atoms with van der Waals surface area (Å²) < 4.78 is 5.46. The van der Waals surface area contributed by atoms with Gasteiger partial charge in [0.1, 0.15) is 11.6 Å². The molecule has 0 saturated carbocycles. The van der Waals surface area contributed by atoms with Gasteiger partial charge in [0.05, 0.1) is 4.92 Å². The van der Waals surface area contributed by atoms with E-state index < -0.39 is 4.92 Å². The normalized spacial score (nSPS) is 10.2. The third-order valence-corrected chi connectivity index (χ3v) is 2.58. The predicted octanol–water partition coefficient (Wildman–Crippen LogP) is 2.93. The summed E-state index contributed by atoms with van der Waals surface area (Å²) >= 11 is 0. The molecule has 98 valence electrons. The number of hydrogen-bond acceptors (Lipinski definition) is 5. The summed E-state index contributed by atoms with van der Waals surface area (Å²) in [6.45, 7) is 2.01. The van der Waals surface area contributed by atoms with Crippen LogP contribution in [0.5, 0.6) is 11.6 Å². The van der Waals surface area contributed by atoms with Crippen molar-refractivity contribution in [2.24, 2.45) is 0 Å². The second kappa shape index (κ2) is 5.34. The van der Waals surface area contributed by atoms with Crippen LogP contribution in [0, 0.1) is 10.1 Å². The molecule has 0 amide bonds. The zero-order chi connectivity index (χ0) is 13.8. The molecule has 1 aromatic heterocycles. The molecule has 1 heterocycles. The molecule has 0 aliphatic rings. The van der Waals surface area contributed by atoms with Crippen molar-refractivity contribution in [2.45, 2.75) is 13.3 Å². The lowest BCUT2D eigenvalue weighted by Gasteiger charge is -2.07. The molecule has 0 unspecified atom stereocenters. The summed E-state index contributed by atoms with van der Waals surface area (Å²) in [6.07, 6.45) is 0.851. The smallest absolute Gasteiger partial charge is 0.331 e. The molecule has 0 spiro atoms. The van der Waals surface area contributed by atoms with Gasteiger partial charge >= 0.3 is 11.6 Å². The van der Waals surface area contributed by atoms with E-state index in [1.54, 1.807) is 6.07 Å². The van der Waals surface area contributed by atoms with Gasteiger partial charge in [-0.1, -0.05) is 19.1 Å². The number of aryl methyl sites for hydroxylation is 1. The second-order valence-corrected chi connectivity index (χ2v) is 3.92. The molecule has 19 heavy (non-hydrogen) atoms. The minimum absolute atomic E-state index is 0.0988. The quantitative estimate of drug-likeness (QED) is 0.673. The van der Waals surface area contributed by atoms with Crippen LogP contribution in [0.25, 0.3) is 0 Å². The van der Waals surface area contributed by atoms with Crippen molar-refractivity contribution in [1.29, 1.82) is 0 Å². The maximum Gasteiger partial charge on any atom is 0.331 e. The van der Waals surface area contributed by atoms with Crippen molar-refractivity contribution in [2.75, 3.05) is 5.73 Å². The Hall–Kier alpha value is -2.63.